The number of carbonyl (C=O) groups is 2. The monoisotopic (exact) mass is 230 g/mol. The van der Waals surface area contributed by atoms with Crippen LogP contribution in [-0.2, 0) is 14.3 Å². The maximum Gasteiger partial charge on any atom is 0.302 e. The van der Waals surface area contributed by atoms with Gasteiger partial charge in [0.25, 0.3) is 0 Å². The molecule has 0 saturated carbocycles. The lowest BCUT2D eigenvalue weighted by atomic mass is 10.00. The van der Waals surface area contributed by atoms with E-state index in [0.29, 0.717) is 24.2 Å². The van der Waals surface area contributed by atoms with Crippen molar-refractivity contribution in [3.05, 3.63) is 0 Å². The maximum atomic E-state index is 11.1. The molecule has 0 aromatic carbocycles. The molecule has 96 valence electrons. The first-order valence-electron chi connectivity index (χ1n) is 5.94. The Morgan fingerprint density at radius 1 is 1.00 bits per heavy atom. The summed E-state index contributed by atoms with van der Waals surface area (Å²) in [4.78, 5) is 20.9. The van der Waals surface area contributed by atoms with Gasteiger partial charge in [0.2, 0.25) is 0 Å². The quantitative estimate of drug-likeness (QED) is 0.681. The molecule has 0 bridgehead atoms. The van der Waals surface area contributed by atoms with Crippen LogP contribution < -0.4 is 0 Å². The molecule has 0 saturated heterocycles. The summed E-state index contributed by atoms with van der Waals surface area (Å²) in [5, 5.41) is 0. The van der Waals surface area contributed by atoms with Gasteiger partial charge in [0.15, 0.2) is 0 Å². The summed E-state index contributed by atoms with van der Waals surface area (Å²) in [6.07, 6.45) is 1.50. The van der Waals surface area contributed by atoms with Crippen molar-refractivity contribution in [1.29, 1.82) is 0 Å². The zero-order valence-corrected chi connectivity index (χ0v) is 11.5. The lowest BCUT2D eigenvalue weighted by Gasteiger charge is -2.05. The summed E-state index contributed by atoms with van der Waals surface area (Å²) >= 11 is 0. The summed E-state index contributed by atoms with van der Waals surface area (Å²) in [5.41, 5.74) is 0. The summed E-state index contributed by atoms with van der Waals surface area (Å²) in [5.74, 6) is 1.24. The Labute approximate surface area is 99.6 Å². The van der Waals surface area contributed by atoms with E-state index >= 15 is 0 Å². The molecular formula is C13H26O3. The van der Waals surface area contributed by atoms with Crippen molar-refractivity contribution < 1.29 is 14.3 Å². The van der Waals surface area contributed by atoms with Crippen LogP contribution in [0.1, 0.15) is 54.4 Å². The Morgan fingerprint density at radius 2 is 1.38 bits per heavy atom. The number of esters is 1. The lowest BCUT2D eigenvalue weighted by Crippen LogP contribution is -2.05. The topological polar surface area (TPSA) is 43.4 Å². The highest BCUT2D eigenvalue weighted by Crippen LogP contribution is 2.07. The number of ketones is 1. The van der Waals surface area contributed by atoms with Crippen molar-refractivity contribution in [2.45, 2.75) is 54.4 Å². The third-order valence-corrected chi connectivity index (χ3v) is 1.62. The molecule has 0 aliphatic heterocycles. The van der Waals surface area contributed by atoms with Crippen LogP contribution in [0.2, 0.25) is 0 Å². The second kappa shape index (κ2) is 10.7. The first-order chi connectivity index (χ1) is 7.29. The van der Waals surface area contributed by atoms with E-state index in [2.05, 4.69) is 32.4 Å². The fourth-order valence-electron chi connectivity index (χ4n) is 1.20. The van der Waals surface area contributed by atoms with Gasteiger partial charge in [-0.05, 0) is 18.8 Å². The van der Waals surface area contributed by atoms with Crippen molar-refractivity contribution in [3.8, 4) is 0 Å². The highest BCUT2D eigenvalue weighted by atomic mass is 16.5. The average Bonchev–Trinajstić information content (AvgIpc) is 2.00. The van der Waals surface area contributed by atoms with Crippen LogP contribution in [0.3, 0.4) is 0 Å². The standard InChI is InChI=1S/C9H18O.C4H8O2/c1-7(2)5-9(10)6-8(3)4;1-3-6-4(2)5/h7-8H,5-6H2,1-4H3;3H2,1-2H3. The number of ether oxygens (including phenoxy) is 1. The van der Waals surface area contributed by atoms with Crippen LogP contribution in [0.15, 0.2) is 0 Å². The van der Waals surface area contributed by atoms with Gasteiger partial charge < -0.3 is 4.74 Å². The normalized spacial score (nSPS) is 9.75. The molecular weight excluding hydrogens is 204 g/mol. The van der Waals surface area contributed by atoms with Crippen LogP contribution in [0.5, 0.6) is 0 Å². The van der Waals surface area contributed by atoms with Gasteiger partial charge in [-0.25, -0.2) is 0 Å². The average molecular weight is 230 g/mol. The minimum absolute atomic E-state index is 0.211. The summed E-state index contributed by atoms with van der Waals surface area (Å²) < 4.78 is 4.40. The van der Waals surface area contributed by atoms with E-state index in [0.717, 1.165) is 12.8 Å². The van der Waals surface area contributed by atoms with Gasteiger partial charge in [-0.15, -0.1) is 0 Å². The van der Waals surface area contributed by atoms with Crippen molar-refractivity contribution in [2.75, 3.05) is 6.61 Å². The van der Waals surface area contributed by atoms with Crippen molar-refractivity contribution in [2.24, 2.45) is 11.8 Å². The van der Waals surface area contributed by atoms with Crippen LogP contribution >= 0.6 is 0 Å². The maximum absolute atomic E-state index is 11.1. The van der Waals surface area contributed by atoms with Crippen molar-refractivity contribution in [3.63, 3.8) is 0 Å². The molecule has 0 unspecified atom stereocenters. The van der Waals surface area contributed by atoms with Crippen LogP contribution in [0.25, 0.3) is 0 Å². The fourth-order valence-corrected chi connectivity index (χ4v) is 1.20. The molecule has 16 heavy (non-hydrogen) atoms. The number of carbonyl (C=O) groups excluding carboxylic acids is 2. The molecule has 0 fully saturated rings. The minimum Gasteiger partial charge on any atom is -0.466 e. The molecule has 0 N–H and O–H groups in total. The number of hydrogen-bond donors (Lipinski definition) is 0. The Morgan fingerprint density at radius 3 is 1.50 bits per heavy atom. The molecule has 0 heterocycles. The largest absolute Gasteiger partial charge is 0.466 e. The van der Waals surface area contributed by atoms with Gasteiger partial charge >= 0.3 is 5.97 Å². The molecule has 0 aromatic heterocycles. The van der Waals surface area contributed by atoms with Crippen molar-refractivity contribution in [1.82, 2.24) is 0 Å². The molecule has 3 heteroatoms. The van der Waals surface area contributed by atoms with Gasteiger partial charge in [0.05, 0.1) is 6.61 Å². The summed E-state index contributed by atoms with van der Waals surface area (Å²) in [7, 11) is 0. The first kappa shape index (κ1) is 17.5. The van der Waals surface area contributed by atoms with E-state index in [4.69, 9.17) is 0 Å². The van der Waals surface area contributed by atoms with E-state index in [9.17, 15) is 9.59 Å². The predicted molar refractivity (Wildman–Crippen MR) is 66.2 cm³/mol. The predicted octanol–water partition coefficient (Wildman–Crippen LogP) is 3.22. The highest BCUT2D eigenvalue weighted by molar-refractivity contribution is 5.78. The van der Waals surface area contributed by atoms with E-state index in [1.807, 2.05) is 0 Å². The molecule has 0 aromatic rings. The smallest absolute Gasteiger partial charge is 0.302 e. The van der Waals surface area contributed by atoms with Gasteiger partial charge in [-0.1, -0.05) is 27.7 Å². The fraction of sp³-hybridized carbons (Fsp3) is 0.846. The molecule has 0 aliphatic rings. The molecule has 3 nitrogen and oxygen atoms in total. The molecule has 0 amide bonds. The van der Waals surface area contributed by atoms with E-state index in [1.54, 1.807) is 6.92 Å². The minimum atomic E-state index is -0.211. The van der Waals surface area contributed by atoms with Crippen molar-refractivity contribution >= 4 is 11.8 Å². The van der Waals surface area contributed by atoms with Gasteiger partial charge in [-0.2, -0.15) is 0 Å². The lowest BCUT2D eigenvalue weighted by molar-refractivity contribution is -0.140. The third kappa shape index (κ3) is 18.8. The molecule has 0 atom stereocenters. The third-order valence-electron chi connectivity index (χ3n) is 1.62. The number of Topliss-reactive ketones (excluding diaryl/α,β-unsaturated/α-hetero) is 1. The molecule has 0 radical (unpaired) electrons. The molecule has 0 rings (SSSR count). The zero-order valence-electron chi connectivity index (χ0n) is 11.5. The zero-order chi connectivity index (χ0) is 13.1. The van der Waals surface area contributed by atoms with Crippen LogP contribution in [-0.4, -0.2) is 18.4 Å². The highest BCUT2D eigenvalue weighted by Gasteiger charge is 2.06. The second-order valence-electron chi connectivity index (χ2n) is 4.66. The van der Waals surface area contributed by atoms with E-state index in [-0.39, 0.29) is 5.97 Å². The number of rotatable bonds is 5. The Kier molecular flexibility index (Phi) is 11.7. The van der Waals surface area contributed by atoms with Gasteiger partial charge in [-0.3, -0.25) is 9.59 Å². The summed E-state index contributed by atoms with van der Waals surface area (Å²) in [6, 6.07) is 0. The van der Waals surface area contributed by atoms with Crippen LogP contribution in [0, 0.1) is 11.8 Å². The van der Waals surface area contributed by atoms with Gasteiger partial charge in [0.1, 0.15) is 5.78 Å². The molecule has 0 spiro atoms. The van der Waals surface area contributed by atoms with E-state index < -0.39 is 0 Å². The van der Waals surface area contributed by atoms with Gasteiger partial charge in [0, 0.05) is 19.8 Å². The number of hydrogen-bond acceptors (Lipinski definition) is 3. The summed E-state index contributed by atoms with van der Waals surface area (Å²) in [6.45, 7) is 12.0. The Balaban J connectivity index is 0. The van der Waals surface area contributed by atoms with Crippen LogP contribution in [0.4, 0.5) is 0 Å². The SMILES string of the molecule is CC(C)CC(=O)CC(C)C.CCOC(C)=O. The molecule has 0 aliphatic carbocycles. The first-order valence-corrected chi connectivity index (χ1v) is 5.94. The Bertz CT molecular complexity index is 183. The van der Waals surface area contributed by atoms with E-state index in [1.165, 1.54) is 6.92 Å². The second-order valence-corrected chi connectivity index (χ2v) is 4.66. The Hall–Kier alpha value is -0.860.